The van der Waals surface area contributed by atoms with Crippen LogP contribution >= 0.6 is 0 Å². The Bertz CT molecular complexity index is 409. The van der Waals surface area contributed by atoms with Gasteiger partial charge in [-0.15, -0.1) is 5.10 Å². The summed E-state index contributed by atoms with van der Waals surface area (Å²) in [6.07, 6.45) is 1.75. The molecule has 0 aromatic carbocycles. The van der Waals surface area contributed by atoms with Crippen molar-refractivity contribution in [1.29, 1.82) is 0 Å². The predicted octanol–water partition coefficient (Wildman–Crippen LogP) is 0.320. The first-order chi connectivity index (χ1) is 5.79. The zero-order valence-corrected chi connectivity index (χ0v) is 6.56. The van der Waals surface area contributed by atoms with E-state index in [-0.39, 0.29) is 5.95 Å². The number of nitrogens with zero attached hydrogens (tertiary/aromatic N) is 3. The van der Waals surface area contributed by atoms with Gasteiger partial charge in [-0.1, -0.05) is 0 Å². The molecule has 0 atom stereocenters. The van der Waals surface area contributed by atoms with E-state index in [0.29, 0.717) is 5.65 Å². The van der Waals surface area contributed by atoms with Gasteiger partial charge in [-0.25, -0.2) is 4.52 Å². The number of pyridine rings is 1. The molecule has 0 radical (unpaired) electrons. The van der Waals surface area contributed by atoms with E-state index in [1.165, 1.54) is 0 Å². The molecule has 0 saturated heterocycles. The monoisotopic (exact) mass is 164 g/mol. The van der Waals surface area contributed by atoms with Crippen LogP contribution < -0.4 is 10.5 Å². The number of methoxy groups -OCH3 is 1. The highest BCUT2D eigenvalue weighted by molar-refractivity contribution is 5.46. The van der Waals surface area contributed by atoms with Crippen LogP contribution in [-0.2, 0) is 0 Å². The van der Waals surface area contributed by atoms with E-state index in [2.05, 4.69) is 10.1 Å². The maximum Gasteiger partial charge on any atom is 0.240 e. The van der Waals surface area contributed by atoms with Gasteiger partial charge in [0.1, 0.15) is 5.75 Å². The molecule has 2 heterocycles. The van der Waals surface area contributed by atoms with E-state index in [0.717, 1.165) is 5.75 Å². The number of ether oxygens (including phenoxy) is 1. The van der Waals surface area contributed by atoms with Gasteiger partial charge >= 0.3 is 0 Å². The minimum atomic E-state index is 0.267. The Morgan fingerprint density at radius 2 is 2.42 bits per heavy atom. The molecule has 0 saturated carbocycles. The molecule has 0 unspecified atom stereocenters. The molecule has 0 bridgehead atoms. The van der Waals surface area contributed by atoms with E-state index in [4.69, 9.17) is 10.5 Å². The van der Waals surface area contributed by atoms with Crippen LogP contribution in [0.25, 0.3) is 5.65 Å². The Labute approximate surface area is 68.8 Å². The van der Waals surface area contributed by atoms with Crippen molar-refractivity contribution in [3.05, 3.63) is 18.3 Å². The quantitative estimate of drug-likeness (QED) is 0.659. The van der Waals surface area contributed by atoms with Crippen molar-refractivity contribution in [2.45, 2.75) is 0 Å². The van der Waals surface area contributed by atoms with Gasteiger partial charge in [-0.3, -0.25) is 0 Å². The second-order valence-electron chi connectivity index (χ2n) is 2.34. The molecule has 0 aliphatic rings. The number of hydrogen-bond donors (Lipinski definition) is 1. The van der Waals surface area contributed by atoms with E-state index in [1.807, 2.05) is 0 Å². The zero-order valence-electron chi connectivity index (χ0n) is 6.56. The predicted molar refractivity (Wildman–Crippen MR) is 44.0 cm³/mol. The van der Waals surface area contributed by atoms with Gasteiger partial charge in [-0.05, 0) is 6.07 Å². The van der Waals surface area contributed by atoms with Gasteiger partial charge in [0.05, 0.1) is 7.11 Å². The number of nitrogen functional groups attached to an aromatic ring is 1. The third kappa shape index (κ3) is 0.952. The number of rotatable bonds is 1. The molecule has 0 fully saturated rings. The number of aromatic nitrogens is 3. The molecular weight excluding hydrogens is 156 g/mol. The van der Waals surface area contributed by atoms with Gasteiger partial charge in [0.25, 0.3) is 0 Å². The van der Waals surface area contributed by atoms with E-state index >= 15 is 0 Å². The van der Waals surface area contributed by atoms with Crippen LogP contribution in [0.15, 0.2) is 18.3 Å². The van der Waals surface area contributed by atoms with Crippen LogP contribution in [0.3, 0.4) is 0 Å². The van der Waals surface area contributed by atoms with Gasteiger partial charge in [0, 0.05) is 12.3 Å². The van der Waals surface area contributed by atoms with Crippen molar-refractivity contribution < 1.29 is 4.74 Å². The molecule has 5 nitrogen and oxygen atoms in total. The van der Waals surface area contributed by atoms with Crippen molar-refractivity contribution in [3.63, 3.8) is 0 Å². The molecule has 2 N–H and O–H groups in total. The Morgan fingerprint density at radius 3 is 3.17 bits per heavy atom. The summed E-state index contributed by atoms with van der Waals surface area (Å²) >= 11 is 0. The van der Waals surface area contributed by atoms with Gasteiger partial charge in [0.2, 0.25) is 5.95 Å². The van der Waals surface area contributed by atoms with Gasteiger partial charge in [-0.2, -0.15) is 4.98 Å². The number of fused-ring (bicyclic) bond motifs is 1. The van der Waals surface area contributed by atoms with Crippen LogP contribution in [0.4, 0.5) is 5.95 Å². The molecule has 2 aromatic rings. The van der Waals surface area contributed by atoms with Crippen LogP contribution in [0.2, 0.25) is 0 Å². The first-order valence-electron chi connectivity index (χ1n) is 3.45. The standard InChI is InChI=1S/C7H8N4O/c1-12-5-2-3-11-6(4-5)9-7(8)10-11/h2-4H,1H3,(H2,8,10). The fourth-order valence-corrected chi connectivity index (χ4v) is 1.01. The van der Waals surface area contributed by atoms with Crippen LogP contribution in [0, 0.1) is 0 Å². The molecule has 0 aliphatic heterocycles. The first-order valence-corrected chi connectivity index (χ1v) is 3.45. The van der Waals surface area contributed by atoms with E-state index in [1.54, 1.807) is 30.0 Å². The smallest absolute Gasteiger partial charge is 0.240 e. The number of nitrogens with two attached hydrogens (primary N) is 1. The molecule has 2 aromatic heterocycles. The summed E-state index contributed by atoms with van der Waals surface area (Å²) in [6, 6.07) is 3.56. The highest BCUT2D eigenvalue weighted by atomic mass is 16.5. The second-order valence-corrected chi connectivity index (χ2v) is 2.34. The third-order valence-corrected chi connectivity index (χ3v) is 1.56. The molecule has 5 heteroatoms. The van der Waals surface area contributed by atoms with Crippen LogP contribution in [0.1, 0.15) is 0 Å². The van der Waals surface area contributed by atoms with E-state index < -0.39 is 0 Å². The Hall–Kier alpha value is -1.78. The zero-order chi connectivity index (χ0) is 8.55. The summed E-state index contributed by atoms with van der Waals surface area (Å²) in [5, 5.41) is 3.92. The van der Waals surface area contributed by atoms with Crippen molar-refractivity contribution in [1.82, 2.24) is 14.6 Å². The normalized spacial score (nSPS) is 10.4. The van der Waals surface area contributed by atoms with Gasteiger partial charge < -0.3 is 10.5 Å². The maximum absolute atomic E-state index is 5.40. The fraction of sp³-hybridized carbons (Fsp3) is 0.143. The molecule has 0 aliphatic carbocycles. The summed E-state index contributed by atoms with van der Waals surface area (Å²) in [5.74, 6) is 1.01. The molecule has 12 heavy (non-hydrogen) atoms. The molecule has 0 amide bonds. The average molecular weight is 164 g/mol. The lowest BCUT2D eigenvalue weighted by Crippen LogP contribution is -1.89. The fourth-order valence-electron chi connectivity index (χ4n) is 1.01. The van der Waals surface area contributed by atoms with Crippen molar-refractivity contribution >= 4 is 11.6 Å². The van der Waals surface area contributed by atoms with Crippen LogP contribution in [0.5, 0.6) is 5.75 Å². The maximum atomic E-state index is 5.40. The summed E-state index contributed by atoms with van der Waals surface area (Å²) in [4.78, 5) is 3.97. The summed E-state index contributed by atoms with van der Waals surface area (Å²) < 4.78 is 6.60. The minimum absolute atomic E-state index is 0.267. The third-order valence-electron chi connectivity index (χ3n) is 1.56. The topological polar surface area (TPSA) is 65.4 Å². The molecular formula is C7H8N4O. The lowest BCUT2D eigenvalue weighted by molar-refractivity contribution is 0.414. The first kappa shape index (κ1) is 6.90. The second kappa shape index (κ2) is 2.37. The lowest BCUT2D eigenvalue weighted by atomic mass is 10.4. The Kier molecular flexibility index (Phi) is 1.36. The Morgan fingerprint density at radius 1 is 1.58 bits per heavy atom. The van der Waals surface area contributed by atoms with Gasteiger partial charge in [0.15, 0.2) is 5.65 Å². The molecule has 62 valence electrons. The summed E-state index contributed by atoms with van der Waals surface area (Å²) in [5.41, 5.74) is 6.09. The van der Waals surface area contributed by atoms with Crippen molar-refractivity contribution in [2.24, 2.45) is 0 Å². The van der Waals surface area contributed by atoms with Crippen LogP contribution in [-0.4, -0.2) is 21.7 Å². The molecule has 2 rings (SSSR count). The SMILES string of the molecule is COc1ccn2nc(N)nc2c1. The van der Waals surface area contributed by atoms with E-state index in [9.17, 15) is 0 Å². The summed E-state index contributed by atoms with van der Waals surface area (Å²) in [6.45, 7) is 0. The average Bonchev–Trinajstić information content (AvgIpc) is 2.43. The largest absolute Gasteiger partial charge is 0.497 e. The number of anilines is 1. The Balaban J connectivity index is 2.66. The molecule has 0 spiro atoms. The lowest BCUT2D eigenvalue weighted by Gasteiger charge is -1.97. The minimum Gasteiger partial charge on any atom is -0.497 e. The van der Waals surface area contributed by atoms with Crippen molar-refractivity contribution in [3.8, 4) is 5.75 Å². The van der Waals surface area contributed by atoms with Crippen molar-refractivity contribution in [2.75, 3.05) is 12.8 Å². The highest BCUT2D eigenvalue weighted by Gasteiger charge is 1.99. The highest BCUT2D eigenvalue weighted by Crippen LogP contribution is 2.12. The number of hydrogen-bond acceptors (Lipinski definition) is 4. The summed E-state index contributed by atoms with van der Waals surface area (Å²) in [7, 11) is 1.60.